The van der Waals surface area contributed by atoms with Crippen LogP contribution in [0.25, 0.3) is 0 Å². The number of aliphatic carboxylic acids is 1. The van der Waals surface area contributed by atoms with Crippen molar-refractivity contribution >= 4 is 11.9 Å². The summed E-state index contributed by atoms with van der Waals surface area (Å²) in [5, 5.41) is 12.1. The molecular weight excluding hydrogens is 230 g/mol. The van der Waals surface area contributed by atoms with Gasteiger partial charge in [0.1, 0.15) is 5.54 Å². The van der Waals surface area contributed by atoms with Gasteiger partial charge in [-0.1, -0.05) is 32.1 Å². The fourth-order valence-corrected chi connectivity index (χ4v) is 3.34. The van der Waals surface area contributed by atoms with Crippen LogP contribution in [0.5, 0.6) is 0 Å². The van der Waals surface area contributed by atoms with Gasteiger partial charge in [0, 0.05) is 6.42 Å². The van der Waals surface area contributed by atoms with Crippen LogP contribution in [-0.4, -0.2) is 22.5 Å². The molecule has 0 bridgehead atoms. The van der Waals surface area contributed by atoms with Crippen molar-refractivity contribution in [2.75, 3.05) is 0 Å². The van der Waals surface area contributed by atoms with E-state index < -0.39 is 11.5 Å². The molecule has 0 radical (unpaired) electrons. The fraction of sp³-hybridized carbons (Fsp3) is 0.857. The molecule has 0 aliphatic heterocycles. The lowest BCUT2D eigenvalue weighted by Crippen LogP contribution is -2.52. The minimum atomic E-state index is -0.967. The van der Waals surface area contributed by atoms with Crippen molar-refractivity contribution in [3.05, 3.63) is 0 Å². The van der Waals surface area contributed by atoms with E-state index in [1.165, 1.54) is 19.3 Å². The van der Waals surface area contributed by atoms with Gasteiger partial charge < -0.3 is 10.4 Å². The van der Waals surface area contributed by atoms with Crippen molar-refractivity contribution in [3.8, 4) is 0 Å². The zero-order valence-corrected chi connectivity index (χ0v) is 10.9. The van der Waals surface area contributed by atoms with E-state index in [1.54, 1.807) is 0 Å². The molecule has 0 unspecified atom stereocenters. The van der Waals surface area contributed by atoms with E-state index in [4.69, 9.17) is 0 Å². The quantitative estimate of drug-likeness (QED) is 0.808. The first-order chi connectivity index (χ1) is 8.62. The van der Waals surface area contributed by atoms with Crippen LogP contribution in [-0.2, 0) is 9.59 Å². The molecule has 1 amide bonds. The van der Waals surface area contributed by atoms with Gasteiger partial charge in [-0.05, 0) is 31.6 Å². The normalized spacial score (nSPS) is 23.8. The van der Waals surface area contributed by atoms with Crippen LogP contribution in [0.2, 0.25) is 0 Å². The molecule has 2 aliphatic carbocycles. The molecule has 0 aromatic heterocycles. The molecule has 18 heavy (non-hydrogen) atoms. The molecule has 0 atom stereocenters. The van der Waals surface area contributed by atoms with Gasteiger partial charge in [-0.25, -0.2) is 4.79 Å². The van der Waals surface area contributed by atoms with Gasteiger partial charge >= 0.3 is 5.97 Å². The van der Waals surface area contributed by atoms with E-state index >= 15 is 0 Å². The number of amides is 1. The van der Waals surface area contributed by atoms with E-state index in [0.717, 1.165) is 25.7 Å². The average Bonchev–Trinajstić information content (AvgIpc) is 2.80. The van der Waals surface area contributed by atoms with Crippen LogP contribution in [0.15, 0.2) is 0 Å². The number of carboxylic acids is 1. The van der Waals surface area contributed by atoms with Crippen LogP contribution in [0.3, 0.4) is 0 Å². The maximum atomic E-state index is 12.0. The summed E-state index contributed by atoms with van der Waals surface area (Å²) in [6.45, 7) is 0. The molecule has 102 valence electrons. The summed E-state index contributed by atoms with van der Waals surface area (Å²) in [7, 11) is 0. The number of carbonyl (C=O) groups excluding carboxylic acids is 1. The van der Waals surface area contributed by atoms with E-state index in [9.17, 15) is 14.7 Å². The van der Waals surface area contributed by atoms with Crippen LogP contribution in [0, 0.1) is 5.92 Å². The number of carboxylic acid groups (broad SMARTS) is 1. The van der Waals surface area contributed by atoms with Crippen molar-refractivity contribution in [3.63, 3.8) is 0 Å². The lowest BCUT2D eigenvalue weighted by molar-refractivity contribution is -0.147. The lowest BCUT2D eigenvalue weighted by atomic mass is 9.86. The SMILES string of the molecule is O=C(CC1CCCCC1)NC1(C(=O)O)CCCC1. The van der Waals surface area contributed by atoms with Crippen molar-refractivity contribution in [2.45, 2.75) is 69.7 Å². The zero-order valence-electron chi connectivity index (χ0n) is 10.9. The third-order valence-electron chi connectivity index (χ3n) is 4.44. The third-order valence-corrected chi connectivity index (χ3v) is 4.44. The first-order valence-electron chi connectivity index (χ1n) is 7.17. The standard InChI is InChI=1S/C14H23NO3/c16-12(10-11-6-2-1-3-7-11)15-14(13(17)18)8-4-5-9-14/h11H,1-10H2,(H,15,16)(H,17,18). The van der Waals surface area contributed by atoms with Crippen molar-refractivity contribution in [2.24, 2.45) is 5.92 Å². The summed E-state index contributed by atoms with van der Waals surface area (Å²) in [6.07, 6.45) is 9.40. The first kappa shape index (κ1) is 13.4. The number of nitrogens with one attached hydrogen (secondary N) is 1. The van der Waals surface area contributed by atoms with Crippen molar-refractivity contribution < 1.29 is 14.7 Å². The summed E-state index contributed by atoms with van der Waals surface area (Å²) < 4.78 is 0. The lowest BCUT2D eigenvalue weighted by Gasteiger charge is -2.27. The average molecular weight is 253 g/mol. The van der Waals surface area contributed by atoms with E-state index in [2.05, 4.69) is 5.32 Å². The molecule has 2 saturated carbocycles. The summed E-state index contributed by atoms with van der Waals surface area (Å²) >= 11 is 0. The van der Waals surface area contributed by atoms with Crippen LogP contribution < -0.4 is 5.32 Å². The maximum absolute atomic E-state index is 12.0. The molecule has 0 aromatic rings. The van der Waals surface area contributed by atoms with Gasteiger partial charge in [-0.15, -0.1) is 0 Å². The molecule has 4 nitrogen and oxygen atoms in total. The largest absolute Gasteiger partial charge is 0.480 e. The van der Waals surface area contributed by atoms with Crippen LogP contribution in [0.1, 0.15) is 64.2 Å². The highest BCUT2D eigenvalue weighted by atomic mass is 16.4. The maximum Gasteiger partial charge on any atom is 0.329 e. The van der Waals surface area contributed by atoms with Gasteiger partial charge in [-0.2, -0.15) is 0 Å². The topological polar surface area (TPSA) is 66.4 Å². The monoisotopic (exact) mass is 253 g/mol. The van der Waals surface area contributed by atoms with Gasteiger partial charge in [-0.3, -0.25) is 4.79 Å². The van der Waals surface area contributed by atoms with Gasteiger partial charge in [0.25, 0.3) is 0 Å². The number of carbonyl (C=O) groups is 2. The molecule has 4 heteroatoms. The first-order valence-corrected chi connectivity index (χ1v) is 7.17. The Kier molecular flexibility index (Phi) is 4.25. The van der Waals surface area contributed by atoms with E-state index in [-0.39, 0.29) is 5.91 Å². The van der Waals surface area contributed by atoms with Crippen molar-refractivity contribution in [1.29, 1.82) is 0 Å². The minimum absolute atomic E-state index is 0.0637. The summed E-state index contributed by atoms with van der Waals surface area (Å²) in [4.78, 5) is 23.3. The molecule has 0 saturated heterocycles. The van der Waals surface area contributed by atoms with Gasteiger partial charge in [0.2, 0.25) is 5.91 Å². The highest BCUT2D eigenvalue weighted by molar-refractivity contribution is 5.87. The predicted molar refractivity (Wildman–Crippen MR) is 68.2 cm³/mol. The summed E-state index contributed by atoms with van der Waals surface area (Å²) in [5.41, 5.74) is -0.967. The molecule has 2 N–H and O–H groups in total. The third kappa shape index (κ3) is 3.03. The van der Waals surface area contributed by atoms with E-state index in [0.29, 0.717) is 25.2 Å². The Hall–Kier alpha value is -1.06. The second-order valence-electron chi connectivity index (χ2n) is 5.85. The number of hydrogen-bond donors (Lipinski definition) is 2. The Morgan fingerprint density at radius 1 is 1.06 bits per heavy atom. The Labute approximate surface area is 108 Å². The molecule has 0 heterocycles. The highest BCUT2D eigenvalue weighted by Gasteiger charge is 2.42. The Morgan fingerprint density at radius 2 is 1.67 bits per heavy atom. The minimum Gasteiger partial charge on any atom is -0.480 e. The number of hydrogen-bond acceptors (Lipinski definition) is 2. The molecule has 2 aliphatic rings. The summed E-state index contributed by atoms with van der Waals surface area (Å²) in [5.74, 6) is -0.464. The Morgan fingerprint density at radius 3 is 2.22 bits per heavy atom. The molecule has 2 rings (SSSR count). The summed E-state index contributed by atoms with van der Waals surface area (Å²) in [6, 6.07) is 0. The molecule has 2 fully saturated rings. The smallest absolute Gasteiger partial charge is 0.329 e. The molecule has 0 spiro atoms. The van der Waals surface area contributed by atoms with Crippen LogP contribution >= 0.6 is 0 Å². The number of rotatable bonds is 4. The molecule has 0 aromatic carbocycles. The van der Waals surface area contributed by atoms with Gasteiger partial charge in [0.15, 0.2) is 0 Å². The van der Waals surface area contributed by atoms with E-state index in [1.807, 2.05) is 0 Å². The zero-order chi connectivity index (χ0) is 13.0. The Balaban J connectivity index is 1.87. The predicted octanol–water partition coefficient (Wildman–Crippen LogP) is 2.47. The molecular formula is C14H23NO3. The van der Waals surface area contributed by atoms with Gasteiger partial charge in [0.05, 0.1) is 0 Å². The second kappa shape index (κ2) is 5.72. The second-order valence-corrected chi connectivity index (χ2v) is 5.85. The van der Waals surface area contributed by atoms with Crippen LogP contribution in [0.4, 0.5) is 0 Å². The van der Waals surface area contributed by atoms with Crippen molar-refractivity contribution in [1.82, 2.24) is 5.32 Å². The highest BCUT2D eigenvalue weighted by Crippen LogP contribution is 2.31. The fourth-order valence-electron chi connectivity index (χ4n) is 3.34. The Bertz CT molecular complexity index is 315.